The molecule has 0 aliphatic carbocycles. The van der Waals surface area contributed by atoms with Gasteiger partial charge in [0.05, 0.1) is 5.56 Å². The summed E-state index contributed by atoms with van der Waals surface area (Å²) in [6.45, 7) is 9.90. The van der Waals surface area contributed by atoms with Crippen LogP contribution in [0, 0.1) is 25.7 Å². The highest BCUT2D eigenvalue weighted by molar-refractivity contribution is 5.95. The number of furan rings is 1. The van der Waals surface area contributed by atoms with E-state index in [1.807, 2.05) is 24.8 Å². The van der Waals surface area contributed by atoms with Crippen molar-refractivity contribution in [3.05, 3.63) is 23.2 Å². The van der Waals surface area contributed by atoms with Gasteiger partial charge in [0.15, 0.2) is 0 Å². The Morgan fingerprint density at radius 2 is 1.88 bits per heavy atom. The van der Waals surface area contributed by atoms with Gasteiger partial charge in [0.2, 0.25) is 0 Å². The van der Waals surface area contributed by atoms with Crippen molar-refractivity contribution < 1.29 is 9.21 Å². The second-order valence-electron chi connectivity index (χ2n) is 5.48. The van der Waals surface area contributed by atoms with Crippen LogP contribution in [0.3, 0.4) is 0 Å². The third-order valence-electron chi connectivity index (χ3n) is 3.43. The molecule has 3 nitrogen and oxygen atoms in total. The second-order valence-corrected chi connectivity index (χ2v) is 5.48. The molecule has 1 aromatic heterocycles. The van der Waals surface area contributed by atoms with Crippen LogP contribution < -0.4 is 0 Å². The lowest BCUT2D eigenvalue weighted by Crippen LogP contribution is -2.42. The predicted molar refractivity (Wildman–Crippen MR) is 67.0 cm³/mol. The van der Waals surface area contributed by atoms with Crippen molar-refractivity contribution >= 4 is 5.91 Å². The summed E-state index contributed by atoms with van der Waals surface area (Å²) < 4.78 is 5.43. The Labute approximate surface area is 103 Å². The summed E-state index contributed by atoms with van der Waals surface area (Å²) in [5.41, 5.74) is 0.726. The number of nitrogens with zero attached hydrogens (tertiary/aromatic N) is 1. The van der Waals surface area contributed by atoms with Gasteiger partial charge in [-0.3, -0.25) is 4.79 Å². The Hall–Kier alpha value is -1.25. The number of aryl methyl sites for hydroxylation is 2. The SMILES string of the molecule is Cc1cc(C(=O)N2C[C@@H](C)C[C@H](C)C2)c(C)o1. The fourth-order valence-electron chi connectivity index (χ4n) is 2.84. The van der Waals surface area contributed by atoms with Crippen molar-refractivity contribution in [2.45, 2.75) is 34.1 Å². The molecule has 2 rings (SSSR count). The number of piperidine rings is 1. The normalized spacial score (nSPS) is 25.1. The van der Waals surface area contributed by atoms with E-state index in [1.54, 1.807) is 0 Å². The molecule has 2 atom stereocenters. The fourth-order valence-corrected chi connectivity index (χ4v) is 2.84. The monoisotopic (exact) mass is 235 g/mol. The number of hydrogen-bond acceptors (Lipinski definition) is 2. The summed E-state index contributed by atoms with van der Waals surface area (Å²) >= 11 is 0. The maximum Gasteiger partial charge on any atom is 0.257 e. The van der Waals surface area contributed by atoms with Crippen LogP contribution in [-0.4, -0.2) is 23.9 Å². The van der Waals surface area contributed by atoms with Gasteiger partial charge in [0.25, 0.3) is 5.91 Å². The number of amides is 1. The predicted octanol–water partition coefficient (Wildman–Crippen LogP) is 3.01. The largest absolute Gasteiger partial charge is 0.466 e. The average molecular weight is 235 g/mol. The van der Waals surface area contributed by atoms with Crippen molar-refractivity contribution in [2.75, 3.05) is 13.1 Å². The molecule has 2 heterocycles. The summed E-state index contributed by atoms with van der Waals surface area (Å²) in [6.07, 6.45) is 1.22. The van der Waals surface area contributed by atoms with E-state index in [-0.39, 0.29) is 5.91 Å². The highest BCUT2D eigenvalue weighted by Crippen LogP contribution is 2.24. The summed E-state index contributed by atoms with van der Waals surface area (Å²) in [4.78, 5) is 14.4. The summed E-state index contributed by atoms with van der Waals surface area (Å²) in [6, 6.07) is 1.85. The summed E-state index contributed by atoms with van der Waals surface area (Å²) in [7, 11) is 0. The molecular formula is C14H21NO2. The second kappa shape index (κ2) is 4.55. The molecule has 1 aliphatic heterocycles. The number of hydrogen-bond donors (Lipinski definition) is 0. The number of carbonyl (C=O) groups is 1. The van der Waals surface area contributed by atoms with Crippen LogP contribution in [0.15, 0.2) is 10.5 Å². The van der Waals surface area contributed by atoms with Crippen molar-refractivity contribution in [3.8, 4) is 0 Å². The number of likely N-dealkylation sites (tertiary alicyclic amines) is 1. The van der Waals surface area contributed by atoms with Gasteiger partial charge in [-0.25, -0.2) is 0 Å². The quantitative estimate of drug-likeness (QED) is 0.749. The zero-order valence-electron chi connectivity index (χ0n) is 11.1. The Kier molecular flexibility index (Phi) is 3.27. The van der Waals surface area contributed by atoms with Crippen molar-refractivity contribution in [1.82, 2.24) is 4.90 Å². The molecule has 0 radical (unpaired) electrons. The van der Waals surface area contributed by atoms with Crippen LogP contribution in [0.5, 0.6) is 0 Å². The first-order valence-electron chi connectivity index (χ1n) is 6.33. The number of carbonyl (C=O) groups excluding carboxylic acids is 1. The minimum atomic E-state index is 0.123. The van der Waals surface area contributed by atoms with Gasteiger partial charge < -0.3 is 9.32 Å². The maximum atomic E-state index is 12.4. The molecule has 0 saturated carbocycles. The molecule has 3 heteroatoms. The molecular weight excluding hydrogens is 214 g/mol. The molecule has 1 fully saturated rings. The topological polar surface area (TPSA) is 33.5 Å². The Morgan fingerprint density at radius 1 is 1.29 bits per heavy atom. The van der Waals surface area contributed by atoms with Crippen LogP contribution in [0.25, 0.3) is 0 Å². The van der Waals surface area contributed by atoms with E-state index in [9.17, 15) is 4.79 Å². The van der Waals surface area contributed by atoms with Gasteiger partial charge in [-0.1, -0.05) is 13.8 Å². The van der Waals surface area contributed by atoms with Gasteiger partial charge in [-0.2, -0.15) is 0 Å². The smallest absolute Gasteiger partial charge is 0.257 e. The summed E-state index contributed by atoms with van der Waals surface area (Å²) in [5.74, 6) is 2.85. The van der Waals surface area contributed by atoms with E-state index < -0.39 is 0 Å². The Morgan fingerprint density at radius 3 is 2.35 bits per heavy atom. The van der Waals surface area contributed by atoms with E-state index in [0.29, 0.717) is 11.8 Å². The van der Waals surface area contributed by atoms with Crippen LogP contribution in [0.4, 0.5) is 0 Å². The molecule has 0 N–H and O–H groups in total. The minimum absolute atomic E-state index is 0.123. The van der Waals surface area contributed by atoms with E-state index in [4.69, 9.17) is 4.42 Å². The van der Waals surface area contributed by atoms with Gasteiger partial charge in [0.1, 0.15) is 11.5 Å². The van der Waals surface area contributed by atoms with Crippen LogP contribution in [0.1, 0.15) is 42.1 Å². The van der Waals surface area contributed by atoms with Crippen LogP contribution in [0.2, 0.25) is 0 Å². The summed E-state index contributed by atoms with van der Waals surface area (Å²) in [5, 5.41) is 0. The molecule has 1 aliphatic rings. The average Bonchev–Trinajstić information content (AvgIpc) is 2.55. The highest BCUT2D eigenvalue weighted by Gasteiger charge is 2.27. The fraction of sp³-hybridized carbons (Fsp3) is 0.643. The van der Waals surface area contributed by atoms with Crippen molar-refractivity contribution in [3.63, 3.8) is 0 Å². The third-order valence-corrected chi connectivity index (χ3v) is 3.43. The van der Waals surface area contributed by atoms with Crippen LogP contribution >= 0.6 is 0 Å². The van der Waals surface area contributed by atoms with Crippen molar-refractivity contribution in [1.29, 1.82) is 0 Å². The van der Waals surface area contributed by atoms with Gasteiger partial charge >= 0.3 is 0 Å². The van der Waals surface area contributed by atoms with Crippen molar-refractivity contribution in [2.24, 2.45) is 11.8 Å². The lowest BCUT2D eigenvalue weighted by molar-refractivity contribution is 0.0621. The first-order chi connectivity index (χ1) is 7.97. The third kappa shape index (κ3) is 2.54. The zero-order valence-corrected chi connectivity index (χ0v) is 11.1. The molecule has 0 unspecified atom stereocenters. The molecule has 1 aromatic rings. The Bertz CT molecular complexity index is 412. The van der Waals surface area contributed by atoms with Gasteiger partial charge in [0, 0.05) is 13.1 Å². The molecule has 0 bridgehead atoms. The standard InChI is InChI=1S/C14H21NO2/c1-9-5-10(2)8-15(7-9)14(16)13-6-11(3)17-12(13)4/h6,9-10H,5,7-8H2,1-4H3/t9-,10-/m0/s1. The van der Waals surface area contributed by atoms with Gasteiger partial charge in [-0.05, 0) is 38.2 Å². The first-order valence-corrected chi connectivity index (χ1v) is 6.33. The van der Waals surface area contributed by atoms with E-state index in [2.05, 4.69) is 13.8 Å². The van der Waals surface area contributed by atoms with Crippen LogP contribution in [-0.2, 0) is 0 Å². The molecule has 1 saturated heterocycles. The lowest BCUT2D eigenvalue weighted by Gasteiger charge is -2.34. The van der Waals surface area contributed by atoms with Gasteiger partial charge in [-0.15, -0.1) is 0 Å². The molecule has 94 valence electrons. The minimum Gasteiger partial charge on any atom is -0.466 e. The highest BCUT2D eigenvalue weighted by atomic mass is 16.3. The zero-order chi connectivity index (χ0) is 12.6. The first kappa shape index (κ1) is 12.2. The maximum absolute atomic E-state index is 12.4. The molecule has 17 heavy (non-hydrogen) atoms. The Balaban J connectivity index is 2.17. The lowest BCUT2D eigenvalue weighted by atomic mass is 9.91. The molecule has 1 amide bonds. The van der Waals surface area contributed by atoms with E-state index >= 15 is 0 Å². The van der Waals surface area contributed by atoms with E-state index in [1.165, 1.54) is 6.42 Å². The number of rotatable bonds is 1. The molecule has 0 spiro atoms. The molecule has 0 aromatic carbocycles. The van der Waals surface area contributed by atoms with E-state index in [0.717, 1.165) is 30.2 Å².